The summed E-state index contributed by atoms with van der Waals surface area (Å²) in [6, 6.07) is 6.36. The first-order chi connectivity index (χ1) is 8.68. The Labute approximate surface area is 105 Å². The van der Waals surface area contributed by atoms with Gasteiger partial charge in [-0.1, -0.05) is 36.4 Å². The molecule has 1 aromatic carbocycles. The number of allylic oxidation sites excluding steroid dienone is 4. The highest BCUT2D eigenvalue weighted by Gasteiger charge is 2.11. The fourth-order valence-electron chi connectivity index (χ4n) is 1.65. The van der Waals surface area contributed by atoms with Crippen molar-refractivity contribution in [3.05, 3.63) is 54.1 Å². The number of rotatable bonds is 3. The summed E-state index contributed by atoms with van der Waals surface area (Å²) in [4.78, 5) is 11.8. The second-order valence-corrected chi connectivity index (χ2v) is 4.01. The van der Waals surface area contributed by atoms with Gasteiger partial charge in [0.2, 0.25) is 0 Å². The van der Waals surface area contributed by atoms with Crippen molar-refractivity contribution in [2.24, 2.45) is 11.0 Å². The molecule has 0 unspecified atom stereocenters. The van der Waals surface area contributed by atoms with Crippen molar-refractivity contribution < 1.29 is 9.90 Å². The van der Waals surface area contributed by atoms with E-state index >= 15 is 0 Å². The van der Waals surface area contributed by atoms with E-state index in [-0.39, 0.29) is 17.2 Å². The number of phenolic OH excluding ortho intramolecular Hbond substituents is 1. The number of amides is 1. The third-order valence-corrected chi connectivity index (χ3v) is 2.71. The number of hydrogen-bond acceptors (Lipinski definition) is 3. The van der Waals surface area contributed by atoms with E-state index in [0.717, 1.165) is 5.71 Å². The number of hydrogen-bond donors (Lipinski definition) is 2. The predicted octanol–water partition coefficient (Wildman–Crippen LogP) is 2.24. The Morgan fingerprint density at radius 3 is 2.61 bits per heavy atom. The van der Waals surface area contributed by atoms with Gasteiger partial charge in [-0.2, -0.15) is 5.10 Å². The molecule has 0 spiro atoms. The minimum absolute atomic E-state index is 0.0523. The largest absolute Gasteiger partial charge is 0.507 e. The molecular formula is C14H14N2O2. The summed E-state index contributed by atoms with van der Waals surface area (Å²) in [5.74, 6) is -0.336. The molecule has 1 amide bonds. The Morgan fingerprint density at radius 2 is 1.94 bits per heavy atom. The highest BCUT2D eigenvalue weighted by molar-refractivity contribution is 5.98. The van der Waals surface area contributed by atoms with Crippen LogP contribution in [0.15, 0.2) is 53.7 Å². The van der Waals surface area contributed by atoms with Gasteiger partial charge in [-0.05, 0) is 19.1 Å². The second-order valence-electron chi connectivity index (χ2n) is 4.01. The van der Waals surface area contributed by atoms with Gasteiger partial charge in [-0.25, -0.2) is 5.43 Å². The topological polar surface area (TPSA) is 61.7 Å². The lowest BCUT2D eigenvalue weighted by Crippen LogP contribution is -2.20. The lowest BCUT2D eigenvalue weighted by molar-refractivity contribution is 0.0952. The number of aromatic hydroxyl groups is 1. The molecular weight excluding hydrogens is 228 g/mol. The molecule has 0 saturated carbocycles. The average molecular weight is 242 g/mol. The van der Waals surface area contributed by atoms with Crippen LogP contribution in [0.5, 0.6) is 5.75 Å². The van der Waals surface area contributed by atoms with Gasteiger partial charge in [0.1, 0.15) is 5.75 Å². The molecule has 0 bridgehead atoms. The fraction of sp³-hybridized carbons (Fsp3) is 0.143. The van der Waals surface area contributed by atoms with E-state index in [4.69, 9.17) is 0 Å². The molecule has 2 rings (SSSR count). The molecule has 18 heavy (non-hydrogen) atoms. The van der Waals surface area contributed by atoms with Gasteiger partial charge in [0.05, 0.1) is 5.56 Å². The number of carbonyl (C=O) groups is 1. The molecule has 0 atom stereocenters. The van der Waals surface area contributed by atoms with Crippen LogP contribution in [0.25, 0.3) is 0 Å². The Morgan fingerprint density at radius 1 is 1.28 bits per heavy atom. The maximum absolute atomic E-state index is 11.8. The van der Waals surface area contributed by atoms with Gasteiger partial charge in [0, 0.05) is 11.6 Å². The van der Waals surface area contributed by atoms with Crippen molar-refractivity contribution in [2.45, 2.75) is 6.92 Å². The number of phenols is 1. The fourth-order valence-corrected chi connectivity index (χ4v) is 1.65. The normalized spacial score (nSPS) is 15.1. The van der Waals surface area contributed by atoms with Gasteiger partial charge in [-0.15, -0.1) is 0 Å². The SMILES string of the molecule is CC(=NNC(=O)c1ccccc1O)C1C=CC=C1. The zero-order valence-corrected chi connectivity index (χ0v) is 10.00. The highest BCUT2D eigenvalue weighted by atomic mass is 16.3. The quantitative estimate of drug-likeness (QED) is 0.630. The number of benzene rings is 1. The van der Waals surface area contributed by atoms with Gasteiger partial charge in [0.25, 0.3) is 5.91 Å². The first-order valence-electron chi connectivity index (χ1n) is 5.66. The van der Waals surface area contributed by atoms with Crippen molar-refractivity contribution in [1.29, 1.82) is 0 Å². The van der Waals surface area contributed by atoms with Crippen LogP contribution in [0.2, 0.25) is 0 Å². The summed E-state index contributed by atoms with van der Waals surface area (Å²) in [7, 11) is 0. The molecule has 0 radical (unpaired) electrons. The molecule has 1 aromatic rings. The number of nitrogens with zero attached hydrogens (tertiary/aromatic N) is 1. The van der Waals surface area contributed by atoms with E-state index in [1.807, 2.05) is 31.2 Å². The Hall–Kier alpha value is -2.36. The monoisotopic (exact) mass is 242 g/mol. The minimum Gasteiger partial charge on any atom is -0.507 e. The average Bonchev–Trinajstić information content (AvgIpc) is 2.90. The number of nitrogens with one attached hydrogen (secondary N) is 1. The standard InChI is InChI=1S/C14H14N2O2/c1-10(11-6-2-3-7-11)15-16-14(18)12-8-4-5-9-13(12)17/h2-9,11,17H,1H3,(H,16,18). The Kier molecular flexibility index (Phi) is 3.57. The van der Waals surface area contributed by atoms with E-state index in [9.17, 15) is 9.90 Å². The van der Waals surface area contributed by atoms with E-state index in [1.165, 1.54) is 6.07 Å². The molecule has 0 aromatic heterocycles. The van der Waals surface area contributed by atoms with E-state index < -0.39 is 5.91 Å². The Bertz CT molecular complexity index is 532. The van der Waals surface area contributed by atoms with Crippen molar-refractivity contribution in [3.8, 4) is 5.75 Å². The lowest BCUT2D eigenvalue weighted by atomic mass is 10.1. The molecule has 1 aliphatic rings. The van der Waals surface area contributed by atoms with Gasteiger partial charge < -0.3 is 5.11 Å². The van der Waals surface area contributed by atoms with Crippen molar-refractivity contribution in [3.63, 3.8) is 0 Å². The van der Waals surface area contributed by atoms with Crippen LogP contribution in [0.1, 0.15) is 17.3 Å². The third-order valence-electron chi connectivity index (χ3n) is 2.71. The van der Waals surface area contributed by atoms with Gasteiger partial charge in [-0.3, -0.25) is 4.79 Å². The van der Waals surface area contributed by atoms with Crippen LogP contribution < -0.4 is 5.43 Å². The molecule has 4 heteroatoms. The van der Waals surface area contributed by atoms with E-state index in [1.54, 1.807) is 18.2 Å². The Balaban J connectivity index is 2.04. The summed E-state index contributed by atoms with van der Waals surface area (Å²) in [5.41, 5.74) is 3.45. The van der Waals surface area contributed by atoms with Crippen LogP contribution in [-0.4, -0.2) is 16.7 Å². The van der Waals surface area contributed by atoms with E-state index in [0.29, 0.717) is 0 Å². The molecule has 0 heterocycles. The summed E-state index contributed by atoms with van der Waals surface area (Å²) in [5, 5.41) is 13.6. The van der Waals surface area contributed by atoms with Gasteiger partial charge in [0.15, 0.2) is 0 Å². The summed E-state index contributed by atoms with van der Waals surface area (Å²) in [6.45, 7) is 1.84. The maximum atomic E-state index is 11.8. The summed E-state index contributed by atoms with van der Waals surface area (Å²) in [6.07, 6.45) is 7.86. The summed E-state index contributed by atoms with van der Waals surface area (Å²) < 4.78 is 0. The van der Waals surface area contributed by atoms with Crippen LogP contribution in [0.3, 0.4) is 0 Å². The third kappa shape index (κ3) is 2.66. The smallest absolute Gasteiger partial charge is 0.275 e. The van der Waals surface area contributed by atoms with E-state index in [2.05, 4.69) is 10.5 Å². The molecule has 0 saturated heterocycles. The van der Waals surface area contributed by atoms with Gasteiger partial charge >= 0.3 is 0 Å². The number of para-hydroxylation sites is 1. The maximum Gasteiger partial charge on any atom is 0.275 e. The zero-order chi connectivity index (χ0) is 13.0. The number of carbonyl (C=O) groups excluding carboxylic acids is 1. The predicted molar refractivity (Wildman–Crippen MR) is 70.5 cm³/mol. The molecule has 92 valence electrons. The second kappa shape index (κ2) is 5.31. The van der Waals surface area contributed by atoms with Crippen molar-refractivity contribution in [1.82, 2.24) is 5.43 Å². The molecule has 0 aliphatic heterocycles. The molecule has 2 N–H and O–H groups in total. The first-order valence-corrected chi connectivity index (χ1v) is 5.66. The van der Waals surface area contributed by atoms with Crippen molar-refractivity contribution >= 4 is 11.6 Å². The van der Waals surface area contributed by atoms with Crippen molar-refractivity contribution in [2.75, 3.05) is 0 Å². The first kappa shape index (κ1) is 12.1. The highest BCUT2D eigenvalue weighted by Crippen LogP contribution is 2.15. The minimum atomic E-state index is -0.418. The zero-order valence-electron chi connectivity index (χ0n) is 10.00. The van der Waals surface area contributed by atoms with Crippen LogP contribution in [0, 0.1) is 5.92 Å². The number of hydrazone groups is 1. The van der Waals surface area contributed by atoms with Crippen LogP contribution >= 0.6 is 0 Å². The summed E-state index contributed by atoms with van der Waals surface area (Å²) >= 11 is 0. The molecule has 4 nitrogen and oxygen atoms in total. The van der Waals surface area contributed by atoms with Crippen LogP contribution in [0.4, 0.5) is 0 Å². The molecule has 1 aliphatic carbocycles. The lowest BCUT2D eigenvalue weighted by Gasteiger charge is -2.06. The van der Waals surface area contributed by atoms with Crippen LogP contribution in [-0.2, 0) is 0 Å². The molecule has 0 fully saturated rings.